The molecular weight excluding hydrogens is 352 g/mol. The van der Waals surface area contributed by atoms with Gasteiger partial charge in [-0.3, -0.25) is 9.59 Å². The van der Waals surface area contributed by atoms with Crippen LogP contribution in [0.2, 0.25) is 0 Å². The van der Waals surface area contributed by atoms with E-state index in [4.69, 9.17) is 4.74 Å². The van der Waals surface area contributed by atoms with E-state index in [1.165, 1.54) is 44.9 Å². The van der Waals surface area contributed by atoms with Crippen LogP contribution in [0, 0.1) is 11.3 Å². The van der Waals surface area contributed by atoms with E-state index in [1.54, 1.807) is 0 Å². The smallest absolute Gasteiger partial charge is 0.323 e. The number of unbranched alkanes of at least 4 members (excludes halogenated alkanes) is 10. The first-order chi connectivity index (χ1) is 13.6. The number of hydrogen-bond donors (Lipinski definition) is 1. The molecule has 0 saturated heterocycles. The van der Waals surface area contributed by atoms with Gasteiger partial charge in [0.05, 0.1) is 6.61 Å². The quantitative estimate of drug-likeness (QED) is 0.175. The van der Waals surface area contributed by atoms with E-state index in [9.17, 15) is 14.7 Å². The highest BCUT2D eigenvalue weighted by molar-refractivity contribution is 5.99. The number of rotatable bonds is 16. The van der Waals surface area contributed by atoms with Gasteiger partial charge in [-0.25, -0.2) is 0 Å². The lowest BCUT2D eigenvalue weighted by Crippen LogP contribution is -2.48. The van der Waals surface area contributed by atoms with Crippen LogP contribution in [0.4, 0.5) is 0 Å². The number of esters is 1. The zero-order chi connectivity index (χ0) is 20.7. The van der Waals surface area contributed by atoms with Crippen LogP contribution >= 0.6 is 0 Å². The number of carbonyl (C=O) groups is 2. The highest BCUT2D eigenvalue weighted by Crippen LogP contribution is 2.45. The molecule has 0 aromatic rings. The first-order valence-electron chi connectivity index (χ1n) is 12.0. The third kappa shape index (κ3) is 8.13. The minimum atomic E-state index is -1.30. The van der Waals surface area contributed by atoms with Crippen LogP contribution in [0.1, 0.15) is 123 Å². The fourth-order valence-corrected chi connectivity index (χ4v) is 4.62. The molecule has 0 amide bonds. The Morgan fingerprint density at radius 3 is 2.04 bits per heavy atom. The molecule has 0 aromatic heterocycles. The second kappa shape index (κ2) is 14.9. The van der Waals surface area contributed by atoms with Crippen LogP contribution in [0.5, 0.6) is 0 Å². The monoisotopic (exact) mass is 396 g/mol. The van der Waals surface area contributed by atoms with Crippen molar-refractivity contribution in [2.75, 3.05) is 6.61 Å². The molecule has 0 radical (unpaired) electrons. The summed E-state index contributed by atoms with van der Waals surface area (Å²) in [5.74, 6) is -1.50. The molecule has 4 heteroatoms. The largest absolute Gasteiger partial charge is 0.480 e. The molecule has 2 atom stereocenters. The summed E-state index contributed by atoms with van der Waals surface area (Å²) < 4.78 is 5.52. The van der Waals surface area contributed by atoms with Gasteiger partial charge >= 0.3 is 11.9 Å². The van der Waals surface area contributed by atoms with Crippen molar-refractivity contribution in [1.29, 1.82) is 0 Å². The van der Waals surface area contributed by atoms with Gasteiger partial charge in [0.2, 0.25) is 0 Å². The van der Waals surface area contributed by atoms with Crippen molar-refractivity contribution in [2.45, 2.75) is 123 Å². The number of aliphatic carboxylic acids is 1. The molecule has 1 saturated carbocycles. The lowest BCUT2D eigenvalue weighted by molar-refractivity contribution is -0.177. The average molecular weight is 397 g/mol. The third-order valence-corrected chi connectivity index (χ3v) is 6.45. The highest BCUT2D eigenvalue weighted by atomic mass is 16.5. The van der Waals surface area contributed by atoms with Gasteiger partial charge in [0, 0.05) is 0 Å². The molecule has 0 bridgehead atoms. The summed E-state index contributed by atoms with van der Waals surface area (Å²) in [5, 5.41) is 10.0. The summed E-state index contributed by atoms with van der Waals surface area (Å²) in [4.78, 5) is 25.1. The van der Waals surface area contributed by atoms with Crippen LogP contribution in [0.25, 0.3) is 0 Å². The summed E-state index contributed by atoms with van der Waals surface area (Å²) >= 11 is 0. The van der Waals surface area contributed by atoms with Crippen molar-refractivity contribution < 1.29 is 19.4 Å². The molecule has 1 fully saturated rings. The standard InChI is InChI=1S/C24H44O4/c1-3-5-7-9-11-13-17-21-18-14-15-19-24(21,22(25)26)23(27)28-20-16-12-10-8-6-4-2/h21H,3-20H2,1-2H3,(H,25,26). The van der Waals surface area contributed by atoms with E-state index in [0.29, 0.717) is 13.0 Å². The van der Waals surface area contributed by atoms with Gasteiger partial charge in [0.15, 0.2) is 5.41 Å². The Balaban J connectivity index is 2.50. The SMILES string of the molecule is CCCCCCCCOC(=O)C1(C(=O)O)CCCCC1CCCCCCCC. The Bertz CT molecular complexity index is 434. The summed E-state index contributed by atoms with van der Waals surface area (Å²) in [6, 6.07) is 0. The van der Waals surface area contributed by atoms with Crippen LogP contribution < -0.4 is 0 Å². The minimum Gasteiger partial charge on any atom is -0.480 e. The number of carboxylic acids is 1. The number of hydrogen-bond acceptors (Lipinski definition) is 3. The van der Waals surface area contributed by atoms with E-state index in [-0.39, 0.29) is 5.92 Å². The first-order valence-corrected chi connectivity index (χ1v) is 12.0. The van der Waals surface area contributed by atoms with Crippen molar-refractivity contribution in [3.05, 3.63) is 0 Å². The minimum absolute atomic E-state index is 0.0676. The summed E-state index contributed by atoms with van der Waals surface area (Å²) in [5.41, 5.74) is -1.30. The van der Waals surface area contributed by atoms with Crippen molar-refractivity contribution in [2.24, 2.45) is 11.3 Å². The molecule has 0 heterocycles. The maximum Gasteiger partial charge on any atom is 0.323 e. The van der Waals surface area contributed by atoms with Gasteiger partial charge in [-0.05, 0) is 31.6 Å². The zero-order valence-corrected chi connectivity index (χ0v) is 18.5. The Labute approximate surface area is 172 Å². The molecule has 1 aliphatic carbocycles. The predicted octanol–water partition coefficient (Wildman–Crippen LogP) is 6.90. The van der Waals surface area contributed by atoms with E-state index < -0.39 is 17.4 Å². The molecule has 1 aliphatic rings. The number of carbonyl (C=O) groups excluding carboxylic acids is 1. The molecule has 0 aliphatic heterocycles. The van der Waals surface area contributed by atoms with Crippen LogP contribution in [-0.2, 0) is 14.3 Å². The first kappa shape index (κ1) is 25.0. The molecule has 1 N–H and O–H groups in total. The van der Waals surface area contributed by atoms with Crippen LogP contribution in [0.15, 0.2) is 0 Å². The van der Waals surface area contributed by atoms with Gasteiger partial charge < -0.3 is 9.84 Å². The third-order valence-electron chi connectivity index (χ3n) is 6.45. The molecule has 2 unspecified atom stereocenters. The summed E-state index contributed by atoms with van der Waals surface area (Å²) in [6.07, 6.45) is 17.8. The lowest BCUT2D eigenvalue weighted by atomic mass is 9.64. The molecular formula is C24H44O4. The highest BCUT2D eigenvalue weighted by Gasteiger charge is 2.54. The Morgan fingerprint density at radius 1 is 0.857 bits per heavy atom. The molecule has 0 spiro atoms. The fraction of sp³-hybridized carbons (Fsp3) is 0.917. The second-order valence-electron chi connectivity index (χ2n) is 8.68. The van der Waals surface area contributed by atoms with Crippen molar-refractivity contribution in [3.8, 4) is 0 Å². The Morgan fingerprint density at radius 2 is 1.43 bits per heavy atom. The second-order valence-corrected chi connectivity index (χ2v) is 8.68. The lowest BCUT2D eigenvalue weighted by Gasteiger charge is -2.38. The van der Waals surface area contributed by atoms with Crippen LogP contribution in [0.3, 0.4) is 0 Å². The number of ether oxygens (including phenoxy) is 1. The molecule has 164 valence electrons. The van der Waals surface area contributed by atoms with Crippen LogP contribution in [-0.4, -0.2) is 23.7 Å². The fourth-order valence-electron chi connectivity index (χ4n) is 4.62. The molecule has 1 rings (SSSR count). The summed E-state index contributed by atoms with van der Waals surface area (Å²) in [7, 11) is 0. The maximum atomic E-state index is 12.9. The van der Waals surface area contributed by atoms with E-state index in [1.807, 2.05) is 0 Å². The van der Waals surface area contributed by atoms with Gasteiger partial charge in [0.25, 0.3) is 0 Å². The molecule has 4 nitrogen and oxygen atoms in total. The average Bonchev–Trinajstić information content (AvgIpc) is 2.69. The van der Waals surface area contributed by atoms with Gasteiger partial charge in [-0.15, -0.1) is 0 Å². The zero-order valence-electron chi connectivity index (χ0n) is 18.5. The number of carboxylic acid groups (broad SMARTS) is 1. The van der Waals surface area contributed by atoms with Gasteiger partial charge in [0.1, 0.15) is 0 Å². The maximum absolute atomic E-state index is 12.9. The van der Waals surface area contributed by atoms with Crippen molar-refractivity contribution in [3.63, 3.8) is 0 Å². The van der Waals surface area contributed by atoms with Crippen molar-refractivity contribution >= 4 is 11.9 Å². The van der Waals surface area contributed by atoms with E-state index in [2.05, 4.69) is 13.8 Å². The Kier molecular flexibility index (Phi) is 13.3. The predicted molar refractivity (Wildman–Crippen MR) is 114 cm³/mol. The van der Waals surface area contributed by atoms with E-state index in [0.717, 1.165) is 57.8 Å². The summed E-state index contributed by atoms with van der Waals surface area (Å²) in [6.45, 7) is 4.77. The normalized spacial score (nSPS) is 22.1. The topological polar surface area (TPSA) is 63.6 Å². The molecule has 0 aromatic carbocycles. The van der Waals surface area contributed by atoms with Gasteiger partial charge in [-0.1, -0.05) is 97.3 Å². The van der Waals surface area contributed by atoms with Crippen molar-refractivity contribution in [1.82, 2.24) is 0 Å². The molecule has 28 heavy (non-hydrogen) atoms. The Hall–Kier alpha value is -1.06. The van der Waals surface area contributed by atoms with E-state index >= 15 is 0 Å². The van der Waals surface area contributed by atoms with Gasteiger partial charge in [-0.2, -0.15) is 0 Å².